The molecule has 0 fully saturated rings. The second-order valence-electron chi connectivity index (χ2n) is 3.16. The van der Waals surface area contributed by atoms with Gasteiger partial charge in [-0.15, -0.1) is 0 Å². The van der Waals surface area contributed by atoms with Gasteiger partial charge in [-0.05, 0) is 40.0 Å². The molecular weight excluding hydrogens is 347 g/mol. The monoisotopic (exact) mass is 356 g/mol. The zero-order chi connectivity index (χ0) is 11.4. The van der Waals surface area contributed by atoms with Gasteiger partial charge in [0.1, 0.15) is 6.10 Å². The van der Waals surface area contributed by atoms with Gasteiger partial charge in [-0.3, -0.25) is 0 Å². The second-order valence-corrected chi connectivity index (χ2v) is 5.22. The van der Waals surface area contributed by atoms with Crippen LogP contribution in [0, 0.1) is 0 Å². The quantitative estimate of drug-likeness (QED) is 0.811. The zero-order valence-electron chi connectivity index (χ0n) is 7.83. The van der Waals surface area contributed by atoms with E-state index >= 15 is 0 Å². The first kappa shape index (κ1) is 13.5. The van der Waals surface area contributed by atoms with E-state index in [0.717, 1.165) is 4.47 Å². The van der Waals surface area contributed by atoms with E-state index in [4.69, 9.17) is 11.6 Å². The fourth-order valence-electron chi connectivity index (χ4n) is 1.19. The summed E-state index contributed by atoms with van der Waals surface area (Å²) in [6.07, 6.45) is -1.18. The first-order chi connectivity index (χ1) is 7.06. The Bertz CT molecular complexity index is 333. The highest BCUT2D eigenvalue weighted by atomic mass is 79.9. The van der Waals surface area contributed by atoms with Crippen LogP contribution in [0.5, 0.6) is 0 Å². The highest BCUT2D eigenvalue weighted by Gasteiger charge is 2.18. The van der Waals surface area contributed by atoms with Gasteiger partial charge in [0, 0.05) is 9.80 Å². The summed E-state index contributed by atoms with van der Waals surface area (Å²) >= 11 is 12.4. The Morgan fingerprint density at radius 2 is 2.00 bits per heavy atom. The fourth-order valence-corrected chi connectivity index (χ4v) is 2.09. The molecule has 0 aliphatic carbocycles. The largest absolute Gasteiger partial charge is 0.390 e. The molecule has 1 rings (SSSR count). The standard InChI is InChI=1S/C10H11Br2ClO2/c11-4-3-9(14)10(15)6-1-2-7(12)8(13)5-6/h1-2,5,9-10,14-15H,3-4H2. The summed E-state index contributed by atoms with van der Waals surface area (Å²) in [7, 11) is 0. The van der Waals surface area contributed by atoms with Gasteiger partial charge in [-0.2, -0.15) is 0 Å². The average molecular weight is 358 g/mol. The lowest BCUT2D eigenvalue weighted by Gasteiger charge is -2.17. The van der Waals surface area contributed by atoms with Gasteiger partial charge in [0.25, 0.3) is 0 Å². The van der Waals surface area contributed by atoms with E-state index in [0.29, 0.717) is 22.3 Å². The van der Waals surface area contributed by atoms with E-state index in [1.165, 1.54) is 0 Å². The Labute approximate surface area is 111 Å². The van der Waals surface area contributed by atoms with Crippen molar-refractivity contribution in [3.05, 3.63) is 33.3 Å². The summed E-state index contributed by atoms with van der Waals surface area (Å²) in [4.78, 5) is 0. The summed E-state index contributed by atoms with van der Waals surface area (Å²) in [5, 5.41) is 20.6. The molecule has 0 spiro atoms. The minimum absolute atomic E-state index is 0.495. The normalized spacial score (nSPS) is 15.0. The van der Waals surface area contributed by atoms with Gasteiger partial charge >= 0.3 is 0 Å². The van der Waals surface area contributed by atoms with Crippen LogP contribution in [0.3, 0.4) is 0 Å². The molecule has 1 aromatic carbocycles. The number of aliphatic hydroxyl groups excluding tert-OH is 2. The SMILES string of the molecule is OC(CCBr)C(O)c1ccc(Br)c(Cl)c1. The van der Waals surface area contributed by atoms with Gasteiger partial charge in [0.2, 0.25) is 0 Å². The van der Waals surface area contributed by atoms with Gasteiger partial charge in [-0.25, -0.2) is 0 Å². The third-order valence-corrected chi connectivity index (χ3v) is 3.74. The van der Waals surface area contributed by atoms with E-state index < -0.39 is 12.2 Å². The number of hydrogen-bond acceptors (Lipinski definition) is 2. The minimum Gasteiger partial charge on any atom is -0.390 e. The second kappa shape index (κ2) is 6.21. The van der Waals surface area contributed by atoms with Crippen molar-refractivity contribution >= 4 is 43.5 Å². The number of alkyl halides is 1. The van der Waals surface area contributed by atoms with Crippen molar-refractivity contribution in [3.63, 3.8) is 0 Å². The van der Waals surface area contributed by atoms with Crippen molar-refractivity contribution in [3.8, 4) is 0 Å². The molecule has 0 saturated carbocycles. The third-order valence-electron chi connectivity index (χ3n) is 2.05. The Morgan fingerprint density at radius 3 is 2.53 bits per heavy atom. The van der Waals surface area contributed by atoms with E-state index in [2.05, 4.69) is 31.9 Å². The predicted molar refractivity (Wildman–Crippen MR) is 68.5 cm³/mol. The lowest BCUT2D eigenvalue weighted by molar-refractivity contribution is 0.0173. The summed E-state index contributed by atoms with van der Waals surface area (Å²) in [5.74, 6) is 0. The number of hydrogen-bond donors (Lipinski definition) is 2. The van der Waals surface area contributed by atoms with Crippen LogP contribution in [0.15, 0.2) is 22.7 Å². The molecule has 0 radical (unpaired) electrons. The van der Waals surface area contributed by atoms with Crippen molar-refractivity contribution in [2.75, 3.05) is 5.33 Å². The van der Waals surface area contributed by atoms with Crippen LogP contribution in [0.4, 0.5) is 0 Å². The first-order valence-corrected chi connectivity index (χ1v) is 6.72. The number of halogens is 3. The minimum atomic E-state index is -0.895. The molecule has 2 N–H and O–H groups in total. The van der Waals surface area contributed by atoms with Gasteiger partial charge < -0.3 is 10.2 Å². The Balaban J connectivity index is 2.81. The van der Waals surface area contributed by atoms with Crippen LogP contribution in [0.1, 0.15) is 18.1 Å². The molecule has 0 aliphatic rings. The van der Waals surface area contributed by atoms with Crippen molar-refractivity contribution in [2.24, 2.45) is 0 Å². The maximum absolute atomic E-state index is 9.79. The van der Waals surface area contributed by atoms with Crippen molar-refractivity contribution < 1.29 is 10.2 Å². The topological polar surface area (TPSA) is 40.5 Å². The van der Waals surface area contributed by atoms with Gasteiger partial charge in [0.05, 0.1) is 11.1 Å². The molecule has 0 bridgehead atoms. The predicted octanol–water partition coefficient (Wildman–Crippen LogP) is 3.28. The smallest absolute Gasteiger partial charge is 0.105 e. The van der Waals surface area contributed by atoms with Crippen LogP contribution in [-0.2, 0) is 0 Å². The highest BCUT2D eigenvalue weighted by molar-refractivity contribution is 9.10. The number of benzene rings is 1. The maximum atomic E-state index is 9.79. The number of rotatable bonds is 4. The van der Waals surface area contributed by atoms with Gasteiger partial charge in [0.15, 0.2) is 0 Å². The van der Waals surface area contributed by atoms with Crippen molar-refractivity contribution in [1.82, 2.24) is 0 Å². The average Bonchev–Trinajstić information content (AvgIpc) is 2.21. The molecule has 2 unspecified atom stereocenters. The van der Waals surface area contributed by atoms with Crippen LogP contribution in [0.25, 0.3) is 0 Å². The molecule has 1 aromatic rings. The van der Waals surface area contributed by atoms with Crippen LogP contribution in [0.2, 0.25) is 5.02 Å². The summed E-state index contributed by atoms with van der Waals surface area (Å²) in [5.41, 5.74) is 0.622. The Morgan fingerprint density at radius 1 is 1.33 bits per heavy atom. The molecule has 0 aromatic heterocycles. The molecule has 2 nitrogen and oxygen atoms in total. The molecule has 0 amide bonds. The summed E-state index contributed by atoms with van der Waals surface area (Å²) in [6, 6.07) is 5.13. The molecule has 2 atom stereocenters. The Hall–Kier alpha value is 0.390. The molecule has 84 valence electrons. The summed E-state index contributed by atoms with van der Waals surface area (Å²) in [6.45, 7) is 0. The van der Waals surface area contributed by atoms with Crippen molar-refractivity contribution in [2.45, 2.75) is 18.6 Å². The highest BCUT2D eigenvalue weighted by Crippen LogP contribution is 2.28. The summed E-state index contributed by atoms with van der Waals surface area (Å²) < 4.78 is 0.773. The van der Waals surface area contributed by atoms with Crippen molar-refractivity contribution in [1.29, 1.82) is 0 Å². The van der Waals surface area contributed by atoms with Crippen LogP contribution >= 0.6 is 43.5 Å². The molecule has 15 heavy (non-hydrogen) atoms. The molecule has 0 saturated heterocycles. The van der Waals surface area contributed by atoms with E-state index in [1.54, 1.807) is 18.2 Å². The van der Waals surface area contributed by atoms with E-state index in [-0.39, 0.29) is 0 Å². The molecule has 0 aliphatic heterocycles. The molecule has 0 heterocycles. The first-order valence-electron chi connectivity index (χ1n) is 4.43. The Kier molecular flexibility index (Phi) is 5.57. The lowest BCUT2D eigenvalue weighted by atomic mass is 10.0. The fraction of sp³-hybridized carbons (Fsp3) is 0.400. The maximum Gasteiger partial charge on any atom is 0.105 e. The lowest BCUT2D eigenvalue weighted by Crippen LogP contribution is -2.18. The molecule has 5 heteroatoms. The zero-order valence-corrected chi connectivity index (χ0v) is 11.8. The van der Waals surface area contributed by atoms with E-state index in [1.807, 2.05) is 0 Å². The van der Waals surface area contributed by atoms with Crippen LogP contribution < -0.4 is 0 Å². The third kappa shape index (κ3) is 3.71. The van der Waals surface area contributed by atoms with Gasteiger partial charge in [-0.1, -0.05) is 33.6 Å². The number of aliphatic hydroxyl groups is 2. The van der Waals surface area contributed by atoms with E-state index in [9.17, 15) is 10.2 Å². The molecular formula is C10H11Br2ClO2. The van der Waals surface area contributed by atoms with Crippen LogP contribution in [-0.4, -0.2) is 21.6 Å².